The van der Waals surface area contributed by atoms with Gasteiger partial charge in [0, 0.05) is 8.80 Å². The Kier molecular flexibility index (Phi) is 9.01. The van der Waals surface area contributed by atoms with E-state index in [1.165, 1.54) is 0 Å². The van der Waals surface area contributed by atoms with Crippen LogP contribution in [0.25, 0.3) is 0 Å². The maximum Gasteiger partial charge on any atom is 0.0592 e. The van der Waals surface area contributed by atoms with Crippen LogP contribution in [0.5, 0.6) is 0 Å². The van der Waals surface area contributed by atoms with E-state index in [4.69, 9.17) is 23.2 Å². The Bertz CT molecular complexity index is 295. The van der Waals surface area contributed by atoms with Gasteiger partial charge in [0.2, 0.25) is 0 Å². The third-order valence-corrected chi connectivity index (χ3v) is 8.51. The standard InChI is InChI=1S/C9H22Si.C6H4Cl2/c1-7(2)10(8(3)4)9(5)6;7-5-3-1-2-4-6(5)8/h7-10H,1-6H3;1-4H. The minimum Gasteiger partial charge on any atom is -0.0827 e. The lowest BCUT2D eigenvalue weighted by Crippen LogP contribution is -2.24. The molecule has 1 aromatic carbocycles. The summed E-state index contributed by atoms with van der Waals surface area (Å²) in [4.78, 5) is 0. The first kappa shape index (κ1) is 18.0. The summed E-state index contributed by atoms with van der Waals surface area (Å²) < 4.78 is 0. The average molecular weight is 305 g/mol. The summed E-state index contributed by atoms with van der Waals surface area (Å²) in [5.41, 5.74) is 2.92. The van der Waals surface area contributed by atoms with E-state index in [2.05, 4.69) is 41.5 Å². The van der Waals surface area contributed by atoms with E-state index in [0.29, 0.717) is 10.0 Å². The molecule has 3 heteroatoms. The number of benzene rings is 1. The molecule has 0 fully saturated rings. The van der Waals surface area contributed by atoms with Crippen LogP contribution in [0.1, 0.15) is 41.5 Å². The molecule has 0 aliphatic rings. The van der Waals surface area contributed by atoms with Gasteiger partial charge in [-0.2, -0.15) is 0 Å². The van der Waals surface area contributed by atoms with Crippen LogP contribution >= 0.6 is 23.2 Å². The molecule has 1 rings (SSSR count). The van der Waals surface area contributed by atoms with Crippen LogP contribution in [0.4, 0.5) is 0 Å². The van der Waals surface area contributed by atoms with Crippen molar-refractivity contribution >= 4 is 32.0 Å². The molecule has 0 aliphatic carbocycles. The van der Waals surface area contributed by atoms with Crippen LogP contribution in [0.15, 0.2) is 24.3 Å². The van der Waals surface area contributed by atoms with Gasteiger partial charge in [-0.15, -0.1) is 0 Å². The largest absolute Gasteiger partial charge is 0.0827 e. The summed E-state index contributed by atoms with van der Waals surface area (Å²) in [6.07, 6.45) is 0. The smallest absolute Gasteiger partial charge is 0.0592 e. The molecular formula is C15H26Cl2Si. The Labute approximate surface area is 124 Å². The molecule has 0 saturated heterocycles. The van der Waals surface area contributed by atoms with E-state index in [1.807, 2.05) is 12.1 Å². The molecule has 0 bridgehead atoms. The summed E-state index contributed by atoms with van der Waals surface area (Å²) >= 11 is 11.2. The van der Waals surface area contributed by atoms with Gasteiger partial charge in [0.15, 0.2) is 0 Å². The molecule has 0 saturated carbocycles. The molecule has 0 N–H and O–H groups in total. The number of halogens is 2. The normalized spacial score (nSPS) is 11.1. The van der Waals surface area contributed by atoms with Crippen molar-refractivity contribution in [3.05, 3.63) is 34.3 Å². The van der Waals surface area contributed by atoms with Crippen molar-refractivity contribution in [1.82, 2.24) is 0 Å². The van der Waals surface area contributed by atoms with Gasteiger partial charge in [-0.3, -0.25) is 0 Å². The highest BCUT2D eigenvalue weighted by molar-refractivity contribution is 6.63. The van der Waals surface area contributed by atoms with Gasteiger partial charge >= 0.3 is 0 Å². The lowest BCUT2D eigenvalue weighted by molar-refractivity contribution is 0.863. The monoisotopic (exact) mass is 304 g/mol. The minimum atomic E-state index is -0.454. The lowest BCUT2D eigenvalue weighted by Gasteiger charge is -2.26. The van der Waals surface area contributed by atoms with Crippen molar-refractivity contribution in [3.63, 3.8) is 0 Å². The molecule has 0 unspecified atom stereocenters. The van der Waals surface area contributed by atoms with Crippen LogP contribution in [0.3, 0.4) is 0 Å². The summed E-state index contributed by atoms with van der Waals surface area (Å²) in [6.45, 7) is 14.3. The Morgan fingerprint density at radius 1 is 0.722 bits per heavy atom. The van der Waals surface area contributed by atoms with Gasteiger partial charge in [0.1, 0.15) is 0 Å². The Morgan fingerprint density at radius 3 is 1.11 bits per heavy atom. The molecule has 1 aromatic rings. The zero-order valence-corrected chi connectivity index (χ0v) is 15.0. The Balaban J connectivity index is 0.000000327. The van der Waals surface area contributed by atoms with Gasteiger partial charge in [0.05, 0.1) is 10.0 Å². The second kappa shape index (κ2) is 9.01. The van der Waals surface area contributed by atoms with Crippen LogP contribution in [0.2, 0.25) is 26.7 Å². The third-order valence-electron chi connectivity index (χ3n) is 3.13. The van der Waals surface area contributed by atoms with Gasteiger partial charge in [-0.25, -0.2) is 0 Å². The Hall–Kier alpha value is 0.0169. The van der Waals surface area contributed by atoms with Crippen molar-refractivity contribution in [1.29, 1.82) is 0 Å². The van der Waals surface area contributed by atoms with Crippen LogP contribution < -0.4 is 0 Å². The predicted octanol–water partition coefficient (Wildman–Crippen LogP) is 6.44. The first-order valence-corrected chi connectivity index (χ1v) is 9.43. The zero-order chi connectivity index (χ0) is 14.3. The van der Waals surface area contributed by atoms with E-state index in [1.54, 1.807) is 12.1 Å². The Morgan fingerprint density at radius 2 is 1.00 bits per heavy atom. The van der Waals surface area contributed by atoms with Crippen LogP contribution in [-0.2, 0) is 0 Å². The van der Waals surface area contributed by atoms with Gasteiger partial charge in [0.25, 0.3) is 0 Å². The molecule has 0 amide bonds. The molecule has 0 nitrogen and oxygen atoms in total. The fourth-order valence-electron chi connectivity index (χ4n) is 2.75. The summed E-state index contributed by atoms with van der Waals surface area (Å²) in [6, 6.07) is 7.19. The number of hydrogen-bond acceptors (Lipinski definition) is 0. The molecular weight excluding hydrogens is 279 g/mol. The zero-order valence-electron chi connectivity index (χ0n) is 12.4. The van der Waals surface area contributed by atoms with E-state index in [-0.39, 0.29) is 0 Å². The van der Waals surface area contributed by atoms with E-state index < -0.39 is 8.80 Å². The van der Waals surface area contributed by atoms with Crippen molar-refractivity contribution in [2.24, 2.45) is 0 Å². The van der Waals surface area contributed by atoms with Crippen molar-refractivity contribution in [3.8, 4) is 0 Å². The molecule has 0 heterocycles. The highest BCUT2D eigenvalue weighted by Crippen LogP contribution is 2.29. The highest BCUT2D eigenvalue weighted by atomic mass is 35.5. The van der Waals surface area contributed by atoms with E-state index in [9.17, 15) is 0 Å². The first-order valence-electron chi connectivity index (χ1n) is 6.67. The number of hydrogen-bond donors (Lipinski definition) is 0. The molecule has 0 radical (unpaired) electrons. The summed E-state index contributed by atoms with van der Waals surface area (Å²) in [5.74, 6) is 0. The van der Waals surface area contributed by atoms with Gasteiger partial charge in [-0.05, 0) is 12.1 Å². The number of rotatable bonds is 3. The summed E-state index contributed by atoms with van der Waals surface area (Å²) in [5, 5.41) is 1.21. The fourth-order valence-corrected chi connectivity index (χ4v) is 7.64. The van der Waals surface area contributed by atoms with Crippen molar-refractivity contribution < 1.29 is 0 Å². The predicted molar refractivity (Wildman–Crippen MR) is 88.9 cm³/mol. The molecule has 0 atom stereocenters. The highest BCUT2D eigenvalue weighted by Gasteiger charge is 2.22. The maximum atomic E-state index is 5.58. The van der Waals surface area contributed by atoms with Gasteiger partial charge in [-0.1, -0.05) is 93.5 Å². The van der Waals surface area contributed by atoms with Crippen LogP contribution in [-0.4, -0.2) is 8.80 Å². The minimum absolute atomic E-state index is 0.454. The molecule has 104 valence electrons. The van der Waals surface area contributed by atoms with E-state index >= 15 is 0 Å². The molecule has 0 aliphatic heterocycles. The molecule has 0 aromatic heterocycles. The van der Waals surface area contributed by atoms with Gasteiger partial charge < -0.3 is 0 Å². The quantitative estimate of drug-likeness (QED) is 0.564. The topological polar surface area (TPSA) is 0 Å². The van der Waals surface area contributed by atoms with Crippen LogP contribution in [0, 0.1) is 0 Å². The molecule has 0 spiro atoms. The second-order valence-electron chi connectivity index (χ2n) is 5.72. The lowest BCUT2D eigenvalue weighted by atomic mass is 10.4. The van der Waals surface area contributed by atoms with Crippen molar-refractivity contribution in [2.45, 2.75) is 58.2 Å². The second-order valence-corrected chi connectivity index (χ2v) is 11.7. The SMILES string of the molecule is CC(C)[SiH](C(C)C)C(C)C.Clc1ccccc1Cl. The third kappa shape index (κ3) is 6.82. The maximum absolute atomic E-state index is 5.58. The fraction of sp³-hybridized carbons (Fsp3) is 0.600. The molecule has 18 heavy (non-hydrogen) atoms. The van der Waals surface area contributed by atoms with E-state index in [0.717, 1.165) is 16.6 Å². The summed E-state index contributed by atoms with van der Waals surface area (Å²) in [7, 11) is -0.454. The average Bonchev–Trinajstić information content (AvgIpc) is 2.21. The van der Waals surface area contributed by atoms with Crippen molar-refractivity contribution in [2.75, 3.05) is 0 Å². The first-order chi connectivity index (χ1) is 8.27.